The van der Waals surface area contributed by atoms with E-state index in [9.17, 15) is 4.79 Å². The Balaban J connectivity index is 2.11. The quantitative estimate of drug-likeness (QED) is 0.732. The Bertz CT molecular complexity index is 436. The van der Waals surface area contributed by atoms with Gasteiger partial charge in [0, 0.05) is 20.0 Å². The minimum Gasteiger partial charge on any atom is -0.324 e. The Morgan fingerprint density at radius 3 is 2.50 bits per heavy atom. The second kappa shape index (κ2) is 6.50. The Hall–Kier alpha value is 0.0900. The third-order valence-electron chi connectivity index (χ3n) is 2.92. The van der Waals surface area contributed by atoms with Gasteiger partial charge in [-0.3, -0.25) is 4.79 Å². The van der Waals surface area contributed by atoms with Gasteiger partial charge in [0.2, 0.25) is 5.91 Å². The average Bonchev–Trinajstić information content (AvgIpc) is 2.34. The van der Waals surface area contributed by atoms with Crippen molar-refractivity contribution in [3.63, 3.8) is 0 Å². The fourth-order valence-electron chi connectivity index (χ4n) is 1.96. The van der Waals surface area contributed by atoms with E-state index < -0.39 is 0 Å². The lowest BCUT2D eigenvalue weighted by Gasteiger charge is -2.22. The van der Waals surface area contributed by atoms with Crippen molar-refractivity contribution in [3.05, 3.63) is 25.6 Å². The van der Waals surface area contributed by atoms with Gasteiger partial charge in [-0.15, -0.1) is 0 Å². The van der Waals surface area contributed by atoms with Crippen LogP contribution >= 0.6 is 47.8 Å². The van der Waals surface area contributed by atoms with Crippen molar-refractivity contribution < 1.29 is 4.79 Å². The van der Waals surface area contributed by atoms with E-state index in [4.69, 9.17) is 0 Å². The van der Waals surface area contributed by atoms with Crippen LogP contribution in [0, 0.1) is 5.92 Å². The highest BCUT2D eigenvalue weighted by molar-refractivity contribution is 9.11. The highest BCUT2D eigenvalue weighted by Gasteiger charge is 2.22. The number of anilines is 1. The molecule has 0 saturated carbocycles. The van der Waals surface area contributed by atoms with Gasteiger partial charge in [0.05, 0.1) is 11.6 Å². The third-order valence-corrected chi connectivity index (χ3v) is 4.63. The maximum absolute atomic E-state index is 12.2. The van der Waals surface area contributed by atoms with Gasteiger partial charge in [-0.2, -0.15) is 0 Å². The Morgan fingerprint density at radius 2 is 1.94 bits per heavy atom. The Morgan fingerprint density at radius 1 is 1.28 bits per heavy atom. The molecule has 0 spiro atoms. The van der Waals surface area contributed by atoms with Gasteiger partial charge in [-0.1, -0.05) is 15.9 Å². The van der Waals surface area contributed by atoms with Crippen LogP contribution in [0.2, 0.25) is 0 Å². The average molecular weight is 441 g/mol. The molecule has 0 aliphatic carbocycles. The molecule has 0 aromatic heterocycles. The number of hydrogen-bond donors (Lipinski definition) is 2. The lowest BCUT2D eigenvalue weighted by atomic mass is 9.99. The summed E-state index contributed by atoms with van der Waals surface area (Å²) in [6.07, 6.45) is 2.01. The van der Waals surface area contributed by atoms with Gasteiger partial charge in [-0.25, -0.2) is 0 Å². The molecule has 3 nitrogen and oxygen atoms in total. The number of benzene rings is 1. The zero-order chi connectivity index (χ0) is 13.1. The largest absolute Gasteiger partial charge is 0.324 e. The first-order valence-corrected chi connectivity index (χ1v) is 8.12. The summed E-state index contributed by atoms with van der Waals surface area (Å²) in [5.74, 6) is 0.132. The molecule has 1 heterocycles. The second-order valence-corrected chi connectivity index (χ2v) is 6.90. The SMILES string of the molecule is O=C(Nc1c(Br)cc(Br)cc1Br)C1CCCNC1. The predicted molar refractivity (Wildman–Crippen MR) is 83.8 cm³/mol. The highest BCUT2D eigenvalue weighted by Crippen LogP contribution is 2.34. The molecule has 1 aliphatic rings. The van der Waals surface area contributed by atoms with Gasteiger partial charge in [0.25, 0.3) is 0 Å². The van der Waals surface area contributed by atoms with Crippen molar-refractivity contribution >= 4 is 59.4 Å². The maximum atomic E-state index is 12.2. The highest BCUT2D eigenvalue weighted by atomic mass is 79.9. The summed E-state index contributed by atoms with van der Waals surface area (Å²) in [7, 11) is 0. The van der Waals surface area contributed by atoms with Crippen LogP contribution in [0.5, 0.6) is 0 Å². The van der Waals surface area contributed by atoms with Gasteiger partial charge >= 0.3 is 0 Å². The predicted octanol–water partition coefficient (Wildman–Crippen LogP) is 3.91. The van der Waals surface area contributed by atoms with Gasteiger partial charge in [0.1, 0.15) is 0 Å². The molecule has 2 N–H and O–H groups in total. The molecule has 0 bridgehead atoms. The number of carbonyl (C=O) groups is 1. The second-order valence-electron chi connectivity index (χ2n) is 4.28. The van der Waals surface area contributed by atoms with Crippen LogP contribution in [0.15, 0.2) is 25.6 Å². The van der Waals surface area contributed by atoms with Crippen molar-refractivity contribution in [2.45, 2.75) is 12.8 Å². The van der Waals surface area contributed by atoms with Crippen molar-refractivity contribution in [3.8, 4) is 0 Å². The first-order chi connectivity index (χ1) is 8.58. The summed E-state index contributed by atoms with van der Waals surface area (Å²) >= 11 is 10.3. The smallest absolute Gasteiger partial charge is 0.228 e. The van der Waals surface area contributed by atoms with Crippen molar-refractivity contribution in [1.82, 2.24) is 5.32 Å². The normalized spacial score (nSPS) is 19.6. The van der Waals surface area contributed by atoms with Crippen molar-refractivity contribution in [2.75, 3.05) is 18.4 Å². The number of hydrogen-bond acceptors (Lipinski definition) is 2. The van der Waals surface area contributed by atoms with Crippen molar-refractivity contribution in [1.29, 1.82) is 0 Å². The Labute approximate surface area is 131 Å². The molecule has 1 atom stereocenters. The van der Waals surface area contributed by atoms with Gasteiger partial charge in [0.15, 0.2) is 0 Å². The van der Waals surface area contributed by atoms with Gasteiger partial charge in [-0.05, 0) is 63.4 Å². The molecular formula is C12H13Br3N2O. The molecule has 1 aromatic carbocycles. The molecule has 1 unspecified atom stereocenters. The number of nitrogens with one attached hydrogen (secondary N) is 2. The summed E-state index contributed by atoms with van der Waals surface area (Å²) in [4.78, 5) is 12.2. The lowest BCUT2D eigenvalue weighted by Crippen LogP contribution is -2.37. The summed E-state index contributed by atoms with van der Waals surface area (Å²) < 4.78 is 2.68. The van der Waals surface area contributed by atoms with Gasteiger partial charge < -0.3 is 10.6 Å². The van der Waals surface area contributed by atoms with Crippen LogP contribution in [-0.4, -0.2) is 19.0 Å². The minimum absolute atomic E-state index is 0.0567. The molecule has 18 heavy (non-hydrogen) atoms. The molecule has 6 heteroatoms. The molecule has 1 amide bonds. The summed E-state index contributed by atoms with van der Waals surface area (Å²) in [5, 5.41) is 6.23. The zero-order valence-electron chi connectivity index (χ0n) is 9.60. The maximum Gasteiger partial charge on any atom is 0.228 e. The molecule has 1 aliphatic heterocycles. The Kier molecular flexibility index (Phi) is 5.24. The number of rotatable bonds is 2. The van der Waals surface area contributed by atoms with Crippen LogP contribution in [0.1, 0.15) is 12.8 Å². The molecule has 1 fully saturated rings. The van der Waals surface area contributed by atoms with E-state index >= 15 is 0 Å². The topological polar surface area (TPSA) is 41.1 Å². The molecule has 0 radical (unpaired) electrons. The van der Waals surface area contributed by atoms with E-state index in [2.05, 4.69) is 58.4 Å². The standard InChI is InChI=1S/C12H13Br3N2O/c13-8-4-9(14)11(10(15)5-8)17-12(18)7-2-1-3-16-6-7/h4-5,7,16H,1-3,6H2,(H,17,18). The number of carbonyl (C=O) groups excluding carboxylic acids is 1. The fraction of sp³-hybridized carbons (Fsp3) is 0.417. The van der Waals surface area contributed by atoms with E-state index in [1.807, 2.05) is 12.1 Å². The van der Waals surface area contributed by atoms with E-state index in [1.54, 1.807) is 0 Å². The van der Waals surface area contributed by atoms with Crippen LogP contribution in [0.3, 0.4) is 0 Å². The number of piperidine rings is 1. The van der Waals surface area contributed by atoms with E-state index in [0.29, 0.717) is 0 Å². The molecular weight excluding hydrogens is 428 g/mol. The first kappa shape index (κ1) is 14.5. The monoisotopic (exact) mass is 438 g/mol. The van der Waals surface area contributed by atoms with Crippen LogP contribution < -0.4 is 10.6 Å². The summed E-state index contributed by atoms with van der Waals surface area (Å²) in [6.45, 7) is 1.77. The zero-order valence-corrected chi connectivity index (χ0v) is 14.4. The van der Waals surface area contributed by atoms with Crippen LogP contribution in [0.25, 0.3) is 0 Å². The number of halogens is 3. The van der Waals surface area contributed by atoms with Crippen molar-refractivity contribution in [2.24, 2.45) is 5.92 Å². The summed E-state index contributed by atoms with van der Waals surface area (Å²) in [5.41, 5.74) is 0.786. The van der Waals surface area contributed by atoms with E-state index in [-0.39, 0.29) is 11.8 Å². The third kappa shape index (κ3) is 3.56. The molecule has 98 valence electrons. The minimum atomic E-state index is 0.0567. The van der Waals surface area contributed by atoms with E-state index in [1.165, 1.54) is 0 Å². The van der Waals surface area contributed by atoms with E-state index in [0.717, 1.165) is 45.0 Å². The summed E-state index contributed by atoms with van der Waals surface area (Å²) in [6, 6.07) is 3.83. The lowest BCUT2D eigenvalue weighted by molar-refractivity contribution is -0.120. The van der Waals surface area contributed by atoms with Crippen LogP contribution in [-0.2, 0) is 4.79 Å². The molecule has 1 saturated heterocycles. The number of amides is 1. The molecule has 1 aromatic rings. The first-order valence-electron chi connectivity index (χ1n) is 5.74. The fourth-order valence-corrected chi connectivity index (χ4v) is 4.42. The van der Waals surface area contributed by atoms with Crippen LogP contribution in [0.4, 0.5) is 5.69 Å². The molecule has 2 rings (SSSR count).